The molecule has 2 aromatic carbocycles. The van der Waals surface area contributed by atoms with Gasteiger partial charge in [-0.2, -0.15) is 0 Å². The van der Waals surface area contributed by atoms with E-state index in [1.54, 1.807) is 24.3 Å². The van der Waals surface area contributed by atoms with Crippen LogP contribution in [0.15, 0.2) is 42.5 Å². The third-order valence-electron chi connectivity index (χ3n) is 3.85. The van der Waals surface area contributed by atoms with E-state index in [4.69, 9.17) is 23.2 Å². The van der Waals surface area contributed by atoms with Crippen LogP contribution in [-0.4, -0.2) is 11.2 Å². The van der Waals surface area contributed by atoms with Crippen LogP contribution in [0.2, 0.25) is 10.0 Å². The summed E-state index contributed by atoms with van der Waals surface area (Å²) in [6.45, 7) is 3.85. The monoisotopic (exact) mass is 326 g/mol. The van der Waals surface area contributed by atoms with Crippen molar-refractivity contribution in [2.24, 2.45) is 0 Å². The van der Waals surface area contributed by atoms with Crippen LogP contribution >= 0.6 is 23.2 Å². The Morgan fingerprint density at radius 1 is 1.10 bits per heavy atom. The highest BCUT2D eigenvalue weighted by molar-refractivity contribution is 6.35. The first-order chi connectivity index (χ1) is 9.80. The van der Waals surface area contributed by atoms with E-state index in [1.165, 1.54) is 12.1 Å². The van der Waals surface area contributed by atoms with Crippen molar-refractivity contribution in [2.75, 3.05) is 0 Å². The Morgan fingerprint density at radius 3 is 2.29 bits per heavy atom. The molecule has 2 aromatic rings. The summed E-state index contributed by atoms with van der Waals surface area (Å²) >= 11 is 12.0. The summed E-state index contributed by atoms with van der Waals surface area (Å²) < 4.78 is 13.0. The van der Waals surface area contributed by atoms with Crippen LogP contribution < -0.4 is 0 Å². The fraction of sp³-hybridized carbons (Fsp3) is 0.294. The van der Waals surface area contributed by atoms with Crippen molar-refractivity contribution in [1.29, 1.82) is 0 Å². The van der Waals surface area contributed by atoms with Gasteiger partial charge in [0.05, 0.1) is 6.10 Å². The number of hydrogen-bond acceptors (Lipinski definition) is 1. The zero-order valence-electron chi connectivity index (χ0n) is 11.9. The van der Waals surface area contributed by atoms with Crippen molar-refractivity contribution < 1.29 is 9.50 Å². The molecule has 1 atom stereocenters. The molecule has 112 valence electrons. The molecule has 0 aliphatic rings. The molecule has 0 radical (unpaired) electrons. The SMILES string of the molecule is CC(C)(c1ccc(F)cc1)C(O)Cc1ccc(Cl)cc1Cl. The van der Waals surface area contributed by atoms with Gasteiger partial charge in [0.15, 0.2) is 0 Å². The first-order valence-electron chi connectivity index (χ1n) is 6.69. The van der Waals surface area contributed by atoms with Crippen LogP contribution in [0.5, 0.6) is 0 Å². The van der Waals surface area contributed by atoms with Crippen LogP contribution in [0.3, 0.4) is 0 Å². The Morgan fingerprint density at radius 2 is 1.71 bits per heavy atom. The van der Waals surface area contributed by atoms with E-state index in [0.29, 0.717) is 16.5 Å². The summed E-state index contributed by atoms with van der Waals surface area (Å²) in [5.74, 6) is -0.287. The molecule has 21 heavy (non-hydrogen) atoms. The second kappa shape index (κ2) is 6.35. The number of halogens is 3. The van der Waals surface area contributed by atoms with Gasteiger partial charge < -0.3 is 5.11 Å². The van der Waals surface area contributed by atoms with Crippen LogP contribution in [0, 0.1) is 5.82 Å². The minimum Gasteiger partial charge on any atom is -0.392 e. The second-order valence-corrected chi connectivity index (χ2v) is 6.53. The van der Waals surface area contributed by atoms with Gasteiger partial charge in [0.2, 0.25) is 0 Å². The maximum Gasteiger partial charge on any atom is 0.123 e. The van der Waals surface area contributed by atoms with Crippen LogP contribution in [0.25, 0.3) is 0 Å². The number of benzene rings is 2. The molecule has 0 fully saturated rings. The lowest BCUT2D eigenvalue weighted by molar-refractivity contribution is 0.1000. The highest BCUT2D eigenvalue weighted by Crippen LogP contribution is 2.31. The van der Waals surface area contributed by atoms with Gasteiger partial charge in [-0.05, 0) is 35.4 Å². The number of aliphatic hydroxyl groups excluding tert-OH is 1. The van der Waals surface area contributed by atoms with Crippen LogP contribution in [0.4, 0.5) is 4.39 Å². The molecule has 0 saturated heterocycles. The third kappa shape index (κ3) is 3.76. The van der Waals surface area contributed by atoms with Crippen molar-refractivity contribution in [3.8, 4) is 0 Å². The van der Waals surface area contributed by atoms with E-state index in [9.17, 15) is 9.50 Å². The molecule has 0 aliphatic heterocycles. The maximum absolute atomic E-state index is 13.0. The molecule has 1 N–H and O–H groups in total. The van der Waals surface area contributed by atoms with E-state index in [-0.39, 0.29) is 5.82 Å². The van der Waals surface area contributed by atoms with Gasteiger partial charge in [-0.3, -0.25) is 0 Å². The first kappa shape index (κ1) is 16.3. The molecule has 0 saturated carbocycles. The van der Waals surface area contributed by atoms with E-state index >= 15 is 0 Å². The molecule has 0 spiro atoms. The number of hydrogen-bond donors (Lipinski definition) is 1. The van der Waals surface area contributed by atoms with Gasteiger partial charge in [0.25, 0.3) is 0 Å². The van der Waals surface area contributed by atoms with Gasteiger partial charge in [0.1, 0.15) is 5.82 Å². The van der Waals surface area contributed by atoms with Gasteiger partial charge in [-0.15, -0.1) is 0 Å². The average molecular weight is 327 g/mol. The van der Waals surface area contributed by atoms with Crippen molar-refractivity contribution >= 4 is 23.2 Å². The van der Waals surface area contributed by atoms with Gasteiger partial charge in [-0.1, -0.05) is 55.2 Å². The Balaban J connectivity index is 2.21. The Hall–Kier alpha value is -1.09. The fourth-order valence-corrected chi connectivity index (χ4v) is 2.71. The van der Waals surface area contributed by atoms with Gasteiger partial charge in [0, 0.05) is 21.9 Å². The molecule has 0 amide bonds. The quantitative estimate of drug-likeness (QED) is 0.836. The largest absolute Gasteiger partial charge is 0.392 e. The maximum atomic E-state index is 13.0. The highest BCUT2D eigenvalue weighted by atomic mass is 35.5. The molecule has 0 aromatic heterocycles. The van der Waals surface area contributed by atoms with Crippen molar-refractivity contribution in [2.45, 2.75) is 31.8 Å². The number of rotatable bonds is 4. The minimum absolute atomic E-state index is 0.287. The minimum atomic E-state index is -0.651. The summed E-state index contributed by atoms with van der Waals surface area (Å²) in [7, 11) is 0. The van der Waals surface area contributed by atoms with Crippen molar-refractivity contribution in [1.82, 2.24) is 0 Å². The summed E-state index contributed by atoms with van der Waals surface area (Å²) in [4.78, 5) is 0. The molecule has 0 aliphatic carbocycles. The molecular weight excluding hydrogens is 310 g/mol. The molecule has 1 nitrogen and oxygen atoms in total. The Kier molecular flexibility index (Phi) is 4.92. The molecule has 4 heteroatoms. The van der Waals surface area contributed by atoms with Crippen molar-refractivity contribution in [3.05, 3.63) is 69.5 Å². The van der Waals surface area contributed by atoms with E-state index in [0.717, 1.165) is 11.1 Å². The lowest BCUT2D eigenvalue weighted by Crippen LogP contribution is -2.35. The summed E-state index contributed by atoms with van der Waals surface area (Å²) in [6, 6.07) is 11.4. The van der Waals surface area contributed by atoms with Crippen molar-refractivity contribution in [3.63, 3.8) is 0 Å². The van der Waals surface area contributed by atoms with Gasteiger partial charge in [-0.25, -0.2) is 4.39 Å². The fourth-order valence-electron chi connectivity index (χ4n) is 2.22. The third-order valence-corrected chi connectivity index (χ3v) is 4.44. The van der Waals surface area contributed by atoms with E-state index in [1.807, 2.05) is 19.9 Å². The topological polar surface area (TPSA) is 20.2 Å². The molecular formula is C17H17Cl2FO. The summed E-state index contributed by atoms with van der Waals surface area (Å²) in [6.07, 6.45) is -0.248. The molecule has 1 unspecified atom stereocenters. The smallest absolute Gasteiger partial charge is 0.123 e. The van der Waals surface area contributed by atoms with Gasteiger partial charge >= 0.3 is 0 Å². The van der Waals surface area contributed by atoms with Crippen LogP contribution in [0.1, 0.15) is 25.0 Å². The van der Waals surface area contributed by atoms with Crippen LogP contribution in [-0.2, 0) is 11.8 Å². The lowest BCUT2D eigenvalue weighted by atomic mass is 9.77. The zero-order valence-corrected chi connectivity index (χ0v) is 13.4. The highest BCUT2D eigenvalue weighted by Gasteiger charge is 2.30. The molecule has 0 bridgehead atoms. The number of aliphatic hydroxyl groups is 1. The summed E-state index contributed by atoms with van der Waals surface area (Å²) in [5, 5.41) is 11.7. The Labute approximate surface area is 134 Å². The first-order valence-corrected chi connectivity index (χ1v) is 7.44. The Bertz CT molecular complexity index is 623. The average Bonchev–Trinajstić information content (AvgIpc) is 2.42. The second-order valence-electron chi connectivity index (χ2n) is 5.68. The standard InChI is InChI=1S/C17H17Cl2FO/c1-17(2,12-4-7-14(20)8-5-12)16(21)9-11-3-6-13(18)10-15(11)19/h3-8,10,16,21H,9H2,1-2H3. The summed E-state index contributed by atoms with van der Waals surface area (Å²) in [5.41, 5.74) is 1.20. The predicted molar refractivity (Wildman–Crippen MR) is 85.6 cm³/mol. The van der Waals surface area contributed by atoms with E-state index < -0.39 is 11.5 Å². The lowest BCUT2D eigenvalue weighted by Gasteiger charge is -2.31. The normalized spacial score (nSPS) is 13.2. The molecule has 2 rings (SSSR count). The predicted octanol–water partition coefficient (Wildman–Crippen LogP) is 5.01. The molecule has 0 heterocycles. The zero-order chi connectivity index (χ0) is 15.6. The van der Waals surface area contributed by atoms with E-state index in [2.05, 4.69) is 0 Å².